The molecule has 1 atom stereocenters. The molecule has 3 heterocycles. The third kappa shape index (κ3) is 4.82. The highest BCUT2D eigenvalue weighted by Crippen LogP contribution is 2.52. The molecule has 1 aliphatic carbocycles. The summed E-state index contributed by atoms with van der Waals surface area (Å²) in [5.41, 5.74) is 2.68. The van der Waals surface area contributed by atoms with Gasteiger partial charge in [-0.05, 0) is 80.3 Å². The van der Waals surface area contributed by atoms with Crippen LogP contribution in [-0.2, 0) is 21.4 Å². The minimum atomic E-state index is -2.07. The van der Waals surface area contributed by atoms with E-state index in [1.165, 1.54) is 23.8 Å². The predicted octanol–water partition coefficient (Wildman–Crippen LogP) is 5.92. The highest BCUT2D eigenvalue weighted by molar-refractivity contribution is 6.23. The average Bonchev–Trinajstić information content (AvgIpc) is 3.40. The van der Waals surface area contributed by atoms with Crippen LogP contribution in [0.2, 0.25) is 0 Å². The highest BCUT2D eigenvalue weighted by Gasteiger charge is 2.51. The number of aromatic amines is 1. The van der Waals surface area contributed by atoms with E-state index in [1.54, 1.807) is 13.0 Å². The lowest BCUT2D eigenvalue weighted by Crippen LogP contribution is -2.67. The molecule has 0 saturated carbocycles. The zero-order valence-corrected chi connectivity index (χ0v) is 27.7. The van der Waals surface area contributed by atoms with E-state index in [2.05, 4.69) is 34.3 Å². The number of amides is 2. The lowest BCUT2D eigenvalue weighted by molar-refractivity contribution is -0.144. The molecule has 3 aliphatic rings. The summed E-state index contributed by atoms with van der Waals surface area (Å²) in [7, 11) is 0. The van der Waals surface area contributed by atoms with Crippen LogP contribution in [0.5, 0.6) is 23.0 Å². The van der Waals surface area contributed by atoms with E-state index in [9.17, 15) is 29.7 Å². The number of H-pyrrole nitrogens is 1. The molecule has 248 valence electrons. The third-order valence-corrected chi connectivity index (χ3v) is 9.39. The number of nitrogens with one attached hydrogen (secondary N) is 3. The molecular weight excluding hydrogens is 622 g/mol. The Bertz CT molecular complexity index is 2300. The van der Waals surface area contributed by atoms with E-state index in [1.807, 2.05) is 45.9 Å². The summed E-state index contributed by atoms with van der Waals surface area (Å²) in [5.74, 6) is -3.12. The molecule has 6 N–H and O–H groups in total. The fraction of sp³-hybridized carbons (Fsp3) is 0.205. The van der Waals surface area contributed by atoms with Crippen molar-refractivity contribution < 1.29 is 34.4 Å². The molecule has 49 heavy (non-hydrogen) atoms. The quantitative estimate of drug-likeness (QED) is 0.101. The van der Waals surface area contributed by atoms with Crippen molar-refractivity contribution >= 4 is 40.1 Å². The van der Waals surface area contributed by atoms with Crippen LogP contribution in [0.3, 0.4) is 0 Å². The number of rotatable bonds is 5. The predicted molar refractivity (Wildman–Crippen MR) is 185 cm³/mol. The molecule has 2 amide bonds. The Labute approximate surface area is 282 Å². The number of hydrogen-bond acceptors (Lipinski definition) is 7. The normalized spacial score (nSPS) is 18.8. The molecule has 0 bridgehead atoms. The maximum atomic E-state index is 14.1. The van der Waals surface area contributed by atoms with Crippen LogP contribution in [0.25, 0.3) is 22.6 Å². The highest BCUT2D eigenvalue weighted by atomic mass is 16.5. The SMILES string of the molecule is C=CC(C)(C)c1[nH]c2ccc(CC=C(C)C)cc2c1/C=C1\NC(=O)[C@]2(C=C3c4cc(O)cc(O)c4C(=O)c4c(O)cc(C)c(c43)O2)NC1=O. The Morgan fingerprint density at radius 3 is 2.45 bits per heavy atom. The van der Waals surface area contributed by atoms with Crippen LogP contribution >= 0.6 is 0 Å². The van der Waals surface area contributed by atoms with Crippen LogP contribution in [0.15, 0.2) is 72.5 Å². The van der Waals surface area contributed by atoms with E-state index in [4.69, 9.17) is 4.74 Å². The van der Waals surface area contributed by atoms with E-state index < -0.39 is 34.5 Å². The number of phenols is 3. The molecule has 1 spiro atoms. The van der Waals surface area contributed by atoms with E-state index >= 15 is 0 Å². The van der Waals surface area contributed by atoms with Crippen LogP contribution in [0.4, 0.5) is 0 Å². The Hall–Kier alpha value is -6.03. The second-order valence-corrected chi connectivity index (χ2v) is 13.6. The van der Waals surface area contributed by atoms with Gasteiger partial charge >= 0.3 is 0 Å². The maximum absolute atomic E-state index is 14.1. The monoisotopic (exact) mass is 657 g/mol. The number of aromatic nitrogens is 1. The van der Waals surface area contributed by atoms with Gasteiger partial charge in [0.1, 0.15) is 28.7 Å². The minimum Gasteiger partial charge on any atom is -0.508 e. The smallest absolute Gasteiger partial charge is 0.294 e. The van der Waals surface area contributed by atoms with E-state index in [0.29, 0.717) is 5.56 Å². The van der Waals surface area contributed by atoms with Crippen molar-refractivity contribution in [1.29, 1.82) is 0 Å². The van der Waals surface area contributed by atoms with Crippen molar-refractivity contribution in [3.8, 4) is 23.0 Å². The van der Waals surface area contributed by atoms with Gasteiger partial charge in [-0.2, -0.15) is 0 Å². The Morgan fingerprint density at radius 2 is 1.73 bits per heavy atom. The van der Waals surface area contributed by atoms with Crippen molar-refractivity contribution in [2.24, 2.45) is 0 Å². The van der Waals surface area contributed by atoms with Crippen molar-refractivity contribution in [2.45, 2.75) is 52.2 Å². The van der Waals surface area contributed by atoms with Crippen molar-refractivity contribution in [1.82, 2.24) is 15.6 Å². The summed E-state index contributed by atoms with van der Waals surface area (Å²) in [6.45, 7) is 13.7. The lowest BCUT2D eigenvalue weighted by atomic mass is 9.76. The average molecular weight is 658 g/mol. The topological polar surface area (TPSA) is 161 Å². The molecule has 1 fully saturated rings. The summed E-state index contributed by atoms with van der Waals surface area (Å²) in [6.07, 6.45) is 7.66. The van der Waals surface area contributed by atoms with Crippen molar-refractivity contribution in [2.75, 3.05) is 0 Å². The fourth-order valence-electron chi connectivity index (χ4n) is 6.72. The molecule has 0 unspecified atom stereocenters. The minimum absolute atomic E-state index is 0.0160. The van der Waals surface area contributed by atoms with Gasteiger partial charge in [0.2, 0.25) is 5.78 Å². The Morgan fingerprint density at radius 1 is 1.00 bits per heavy atom. The van der Waals surface area contributed by atoms with Crippen LogP contribution < -0.4 is 15.4 Å². The molecule has 4 aromatic rings. The van der Waals surface area contributed by atoms with Gasteiger partial charge in [0.05, 0.1) is 11.1 Å². The number of aromatic hydroxyl groups is 3. The number of ketones is 1. The first-order chi connectivity index (χ1) is 23.1. The number of carbonyl (C=O) groups is 3. The zero-order valence-electron chi connectivity index (χ0n) is 27.7. The number of hydrogen-bond donors (Lipinski definition) is 6. The van der Waals surface area contributed by atoms with Crippen LogP contribution in [0, 0.1) is 6.92 Å². The number of piperazine rings is 1. The van der Waals surface area contributed by atoms with Gasteiger partial charge in [-0.15, -0.1) is 6.58 Å². The van der Waals surface area contributed by atoms with Crippen molar-refractivity contribution in [3.63, 3.8) is 0 Å². The summed E-state index contributed by atoms with van der Waals surface area (Å²) in [6, 6.07) is 9.74. The molecule has 1 saturated heterocycles. The number of allylic oxidation sites excluding steroid dienone is 3. The third-order valence-electron chi connectivity index (χ3n) is 9.39. The standard InChI is InChI=1S/C39H35N3O7/c1-7-38(5,6)35-24(22-13-20(9-8-18(2)3)10-11-26(22)40-35)16-27-36(47)42-39(37(48)41-27)17-25-23-14-21(43)15-29(45)30(23)33(46)32-28(44)12-19(4)34(49-39)31(25)32/h7-8,10-17,40,43-45H,1,9H2,2-6H3,(H,41,48)(H,42,47)/b27-16-/t39-/m1/s1. The number of ether oxygens (including phenoxy) is 1. The molecule has 7 rings (SSSR count). The van der Waals surface area contributed by atoms with E-state index in [-0.39, 0.29) is 50.8 Å². The molecule has 1 aromatic heterocycles. The first kappa shape index (κ1) is 31.6. The molecule has 10 heteroatoms. The molecule has 0 radical (unpaired) electrons. The van der Waals surface area contributed by atoms with Gasteiger partial charge in [0, 0.05) is 44.8 Å². The first-order valence-electron chi connectivity index (χ1n) is 15.8. The molecule has 3 aromatic carbocycles. The summed E-state index contributed by atoms with van der Waals surface area (Å²) >= 11 is 0. The number of phenolic OH excluding ortho intramolecular Hbond substituents is 3. The summed E-state index contributed by atoms with van der Waals surface area (Å²) in [4.78, 5) is 45.1. The van der Waals surface area contributed by atoms with Gasteiger partial charge in [0.15, 0.2) is 0 Å². The second-order valence-electron chi connectivity index (χ2n) is 13.6. The largest absolute Gasteiger partial charge is 0.508 e. The number of fused-ring (bicyclic) bond motifs is 3. The van der Waals surface area contributed by atoms with Gasteiger partial charge in [0.25, 0.3) is 17.5 Å². The Balaban J connectivity index is 1.36. The van der Waals surface area contributed by atoms with Gasteiger partial charge < -0.3 is 35.7 Å². The second kappa shape index (κ2) is 10.7. The number of aryl methyl sites for hydroxylation is 1. The summed E-state index contributed by atoms with van der Waals surface area (Å²) in [5, 5.41) is 38.2. The van der Waals surface area contributed by atoms with Gasteiger partial charge in [-0.25, -0.2) is 0 Å². The lowest BCUT2D eigenvalue weighted by Gasteiger charge is -2.41. The van der Waals surface area contributed by atoms with Gasteiger partial charge in [-0.1, -0.05) is 37.6 Å². The molecular formula is C39H35N3O7. The summed E-state index contributed by atoms with van der Waals surface area (Å²) < 4.78 is 6.25. The van der Waals surface area contributed by atoms with E-state index in [0.717, 1.165) is 40.2 Å². The number of carbonyl (C=O) groups excluding carboxylic acids is 3. The zero-order chi connectivity index (χ0) is 35.2. The molecule has 2 aliphatic heterocycles. The van der Waals surface area contributed by atoms with Crippen LogP contribution in [-0.4, -0.2) is 43.6 Å². The first-order valence-corrected chi connectivity index (χ1v) is 15.8. The number of benzene rings is 3. The fourth-order valence-corrected chi connectivity index (χ4v) is 6.72. The Kier molecular flexibility index (Phi) is 6.92. The van der Waals surface area contributed by atoms with Crippen molar-refractivity contribution in [3.05, 3.63) is 117 Å². The van der Waals surface area contributed by atoms with Crippen LogP contribution in [0.1, 0.15) is 77.1 Å². The molecule has 10 nitrogen and oxygen atoms in total. The van der Waals surface area contributed by atoms with Gasteiger partial charge in [-0.3, -0.25) is 14.4 Å². The maximum Gasteiger partial charge on any atom is 0.294 e.